The summed E-state index contributed by atoms with van der Waals surface area (Å²) >= 11 is 1.60. The summed E-state index contributed by atoms with van der Waals surface area (Å²) in [5, 5.41) is 11.2. The second-order valence-corrected chi connectivity index (χ2v) is 16.5. The van der Waals surface area contributed by atoms with E-state index in [1.807, 2.05) is 11.5 Å². The van der Waals surface area contributed by atoms with E-state index in [0.29, 0.717) is 40.8 Å². The molecule has 0 saturated carbocycles. The Morgan fingerprint density at radius 3 is 2.57 bits per heavy atom. The minimum Gasteiger partial charge on any atom is -0.361 e. The number of halogens is 1. The molecular weight excluding hydrogens is 477 g/mol. The molecule has 2 aromatic heterocycles. The SMILES string of the molecule is CCN(CC)CCSc1nc(-c2ccc(F)cc2C)c2c(C#N)cn(COCC[Si](C)(C)C)c2n1. The number of benzene rings is 1. The summed E-state index contributed by atoms with van der Waals surface area (Å²) in [4.78, 5) is 12.1. The fourth-order valence-corrected chi connectivity index (χ4v) is 5.44. The Hall–Kier alpha value is -2.25. The third kappa shape index (κ3) is 7.14. The molecule has 3 aromatic rings. The number of nitriles is 1. The van der Waals surface area contributed by atoms with Crippen LogP contribution in [-0.2, 0) is 11.5 Å². The number of hydrogen-bond acceptors (Lipinski definition) is 6. The number of nitrogens with zero attached hydrogens (tertiary/aromatic N) is 5. The number of aromatic nitrogens is 3. The van der Waals surface area contributed by atoms with E-state index in [1.54, 1.807) is 24.0 Å². The molecule has 0 amide bonds. The molecule has 2 heterocycles. The van der Waals surface area contributed by atoms with Crippen LogP contribution in [-0.4, -0.2) is 59.5 Å². The Balaban J connectivity index is 2.03. The van der Waals surface area contributed by atoms with Gasteiger partial charge in [0.1, 0.15) is 24.3 Å². The van der Waals surface area contributed by atoms with Gasteiger partial charge in [0.05, 0.1) is 16.6 Å². The number of rotatable bonds is 12. The van der Waals surface area contributed by atoms with Crippen molar-refractivity contribution in [2.75, 3.05) is 32.0 Å². The first-order valence-electron chi connectivity index (χ1n) is 12.2. The van der Waals surface area contributed by atoms with Gasteiger partial charge in [0.25, 0.3) is 0 Å². The summed E-state index contributed by atoms with van der Waals surface area (Å²) in [5.41, 5.74) is 3.40. The van der Waals surface area contributed by atoms with Crippen molar-refractivity contribution >= 4 is 30.9 Å². The third-order valence-electron chi connectivity index (χ3n) is 6.02. The van der Waals surface area contributed by atoms with E-state index in [2.05, 4.69) is 44.5 Å². The van der Waals surface area contributed by atoms with Gasteiger partial charge in [-0.2, -0.15) is 5.26 Å². The predicted octanol–water partition coefficient (Wildman–Crippen LogP) is 6.16. The van der Waals surface area contributed by atoms with Crippen molar-refractivity contribution in [2.24, 2.45) is 0 Å². The Bertz CT molecular complexity index is 1200. The zero-order valence-corrected chi connectivity index (χ0v) is 23.5. The predicted molar refractivity (Wildman–Crippen MR) is 145 cm³/mol. The number of fused-ring (bicyclic) bond motifs is 1. The Morgan fingerprint density at radius 1 is 1.20 bits per heavy atom. The maximum absolute atomic E-state index is 13.9. The summed E-state index contributed by atoms with van der Waals surface area (Å²) in [6.45, 7) is 17.1. The summed E-state index contributed by atoms with van der Waals surface area (Å²) in [6, 6.07) is 8.04. The molecule has 0 fully saturated rings. The molecular formula is C26H36FN5OSSi. The minimum atomic E-state index is -1.20. The third-order valence-corrected chi connectivity index (χ3v) is 8.55. The van der Waals surface area contributed by atoms with Crippen LogP contribution in [0.1, 0.15) is 25.0 Å². The standard InChI is InChI=1S/C26H36FN5OSSi/c1-7-31(8-2)11-13-34-26-29-24(22-10-9-21(27)15-19(22)3)23-20(16-28)17-32(25(23)30-26)18-33-12-14-35(4,5)6/h9-10,15,17H,7-8,11-14,18H2,1-6H3. The van der Waals surface area contributed by atoms with E-state index in [1.165, 1.54) is 12.1 Å². The maximum Gasteiger partial charge on any atom is 0.190 e. The molecule has 0 aliphatic heterocycles. The number of aryl methyl sites for hydroxylation is 1. The van der Waals surface area contributed by atoms with Crippen LogP contribution in [0.2, 0.25) is 25.7 Å². The summed E-state index contributed by atoms with van der Waals surface area (Å²) < 4.78 is 21.8. The molecule has 0 saturated heterocycles. The van der Waals surface area contributed by atoms with Crippen LogP contribution in [0, 0.1) is 24.1 Å². The Morgan fingerprint density at radius 2 is 1.94 bits per heavy atom. The second-order valence-electron chi connectivity index (χ2n) is 9.86. The Kier molecular flexibility index (Phi) is 9.47. The van der Waals surface area contributed by atoms with Gasteiger partial charge in [0, 0.05) is 38.7 Å². The highest BCUT2D eigenvalue weighted by Crippen LogP contribution is 2.34. The van der Waals surface area contributed by atoms with Gasteiger partial charge in [-0.15, -0.1) is 0 Å². The van der Waals surface area contributed by atoms with Gasteiger partial charge in [-0.3, -0.25) is 0 Å². The average molecular weight is 514 g/mol. The van der Waals surface area contributed by atoms with Crippen molar-refractivity contribution in [2.45, 2.75) is 58.3 Å². The van der Waals surface area contributed by atoms with Crippen molar-refractivity contribution in [1.29, 1.82) is 5.26 Å². The van der Waals surface area contributed by atoms with Gasteiger partial charge in [-0.1, -0.05) is 45.3 Å². The highest BCUT2D eigenvalue weighted by Gasteiger charge is 2.20. The summed E-state index contributed by atoms with van der Waals surface area (Å²) in [7, 11) is -1.20. The van der Waals surface area contributed by atoms with Crippen molar-refractivity contribution in [3.8, 4) is 17.3 Å². The fourth-order valence-electron chi connectivity index (χ4n) is 3.85. The quantitative estimate of drug-likeness (QED) is 0.125. The molecule has 0 N–H and O–H groups in total. The largest absolute Gasteiger partial charge is 0.361 e. The van der Waals surface area contributed by atoms with Crippen LogP contribution in [0.5, 0.6) is 0 Å². The fraction of sp³-hybridized carbons (Fsp3) is 0.500. The van der Waals surface area contributed by atoms with Gasteiger partial charge in [0.2, 0.25) is 0 Å². The second kappa shape index (κ2) is 12.1. The molecule has 0 spiro atoms. The minimum absolute atomic E-state index is 0.292. The molecule has 0 unspecified atom stereocenters. The van der Waals surface area contributed by atoms with Crippen LogP contribution < -0.4 is 0 Å². The molecule has 0 aliphatic rings. The van der Waals surface area contributed by atoms with Gasteiger partial charge >= 0.3 is 0 Å². The van der Waals surface area contributed by atoms with E-state index < -0.39 is 8.07 Å². The van der Waals surface area contributed by atoms with E-state index in [4.69, 9.17) is 14.7 Å². The first kappa shape index (κ1) is 27.3. The van der Waals surface area contributed by atoms with Crippen molar-refractivity contribution < 1.29 is 9.13 Å². The lowest BCUT2D eigenvalue weighted by Gasteiger charge is -2.17. The maximum atomic E-state index is 13.9. The van der Waals surface area contributed by atoms with Crippen molar-refractivity contribution in [3.63, 3.8) is 0 Å². The normalized spacial score (nSPS) is 12.0. The molecule has 0 aliphatic carbocycles. The number of ether oxygens (including phenoxy) is 1. The van der Waals surface area contributed by atoms with E-state index in [0.717, 1.165) is 42.6 Å². The van der Waals surface area contributed by atoms with Crippen LogP contribution in [0.25, 0.3) is 22.3 Å². The molecule has 0 atom stereocenters. The van der Waals surface area contributed by atoms with Gasteiger partial charge in [-0.25, -0.2) is 14.4 Å². The summed E-state index contributed by atoms with van der Waals surface area (Å²) in [6.07, 6.45) is 1.79. The van der Waals surface area contributed by atoms with Crippen LogP contribution in [0.3, 0.4) is 0 Å². The van der Waals surface area contributed by atoms with Crippen LogP contribution in [0.15, 0.2) is 29.6 Å². The van der Waals surface area contributed by atoms with Crippen LogP contribution in [0.4, 0.5) is 4.39 Å². The monoisotopic (exact) mass is 513 g/mol. The lowest BCUT2D eigenvalue weighted by atomic mass is 10.0. The van der Waals surface area contributed by atoms with E-state index >= 15 is 0 Å². The Labute approximate surface area is 213 Å². The number of hydrogen-bond donors (Lipinski definition) is 0. The molecule has 6 nitrogen and oxygen atoms in total. The van der Waals surface area contributed by atoms with Gasteiger partial charge in [0.15, 0.2) is 5.16 Å². The van der Waals surface area contributed by atoms with Gasteiger partial charge in [-0.05, 0) is 49.8 Å². The summed E-state index contributed by atoms with van der Waals surface area (Å²) in [5.74, 6) is 0.562. The van der Waals surface area contributed by atoms with Gasteiger partial charge < -0.3 is 14.2 Å². The zero-order chi connectivity index (χ0) is 25.6. The van der Waals surface area contributed by atoms with E-state index in [9.17, 15) is 9.65 Å². The highest BCUT2D eigenvalue weighted by atomic mass is 32.2. The molecule has 188 valence electrons. The molecule has 9 heteroatoms. The zero-order valence-electron chi connectivity index (χ0n) is 21.7. The molecule has 0 bridgehead atoms. The van der Waals surface area contributed by atoms with Crippen molar-refractivity contribution in [1.82, 2.24) is 19.4 Å². The van der Waals surface area contributed by atoms with Crippen LogP contribution >= 0.6 is 11.8 Å². The average Bonchev–Trinajstić information content (AvgIpc) is 3.16. The smallest absolute Gasteiger partial charge is 0.190 e. The topological polar surface area (TPSA) is 67.0 Å². The first-order valence-corrected chi connectivity index (χ1v) is 16.9. The number of thioether (sulfide) groups is 1. The first-order chi connectivity index (χ1) is 16.7. The molecule has 0 radical (unpaired) electrons. The van der Waals surface area contributed by atoms with Crippen molar-refractivity contribution in [3.05, 3.63) is 41.3 Å². The lowest BCUT2D eigenvalue weighted by molar-refractivity contribution is 0.0898. The molecule has 35 heavy (non-hydrogen) atoms. The lowest BCUT2D eigenvalue weighted by Crippen LogP contribution is -2.25. The highest BCUT2D eigenvalue weighted by molar-refractivity contribution is 7.99. The molecule has 1 aromatic carbocycles. The van der Waals surface area contributed by atoms with E-state index in [-0.39, 0.29) is 5.82 Å². The molecule has 3 rings (SSSR count).